The van der Waals surface area contributed by atoms with Crippen LogP contribution in [0.2, 0.25) is 0 Å². The third-order valence-corrected chi connectivity index (χ3v) is 6.01. The van der Waals surface area contributed by atoms with Crippen molar-refractivity contribution in [3.8, 4) is 0 Å². The van der Waals surface area contributed by atoms with E-state index in [1.807, 2.05) is 0 Å². The molecule has 1 heterocycles. The highest BCUT2D eigenvalue weighted by Gasteiger charge is 2.43. The molecular formula is C23H14F3NO5S. The van der Waals surface area contributed by atoms with Gasteiger partial charge in [-0.15, -0.1) is 9.35 Å². The molecule has 0 fully saturated rings. The number of benzene rings is 3. The van der Waals surface area contributed by atoms with Crippen LogP contribution in [-0.4, -0.2) is 25.3 Å². The van der Waals surface area contributed by atoms with E-state index in [0.717, 1.165) is 0 Å². The molecule has 0 radical (unpaired) electrons. The maximum absolute atomic E-state index is 13.1. The number of amides is 2. The molecular weight excluding hydrogens is 459 g/mol. The second-order valence-electron chi connectivity index (χ2n) is 6.94. The van der Waals surface area contributed by atoms with Gasteiger partial charge in [0.2, 0.25) is 0 Å². The van der Waals surface area contributed by atoms with Gasteiger partial charge in [-0.1, -0.05) is 60.7 Å². The van der Waals surface area contributed by atoms with Gasteiger partial charge in [0.15, 0.2) is 0 Å². The monoisotopic (exact) mass is 473 g/mol. The van der Waals surface area contributed by atoms with Gasteiger partial charge in [-0.25, -0.2) is 0 Å². The molecule has 0 bridgehead atoms. The molecule has 2 amide bonds. The van der Waals surface area contributed by atoms with E-state index in [-0.39, 0.29) is 16.2 Å². The first-order valence-electron chi connectivity index (χ1n) is 9.45. The molecule has 0 saturated carbocycles. The number of imide groups is 1. The molecule has 0 atom stereocenters. The average molecular weight is 473 g/mol. The fourth-order valence-corrected chi connectivity index (χ4v) is 4.16. The van der Waals surface area contributed by atoms with Gasteiger partial charge < -0.3 is 0 Å². The first kappa shape index (κ1) is 22.4. The first-order chi connectivity index (χ1) is 15.6. The molecule has 6 nitrogen and oxygen atoms in total. The summed E-state index contributed by atoms with van der Waals surface area (Å²) in [5, 5.41) is 0.109. The second-order valence-corrected chi connectivity index (χ2v) is 8.47. The third-order valence-electron chi connectivity index (χ3n) is 4.81. The van der Waals surface area contributed by atoms with Crippen LogP contribution < -0.4 is 0 Å². The van der Waals surface area contributed by atoms with Gasteiger partial charge in [-0.2, -0.15) is 21.6 Å². The Morgan fingerprint density at radius 2 is 1.09 bits per heavy atom. The van der Waals surface area contributed by atoms with Crippen molar-refractivity contribution >= 4 is 33.1 Å². The van der Waals surface area contributed by atoms with Crippen molar-refractivity contribution in [3.63, 3.8) is 0 Å². The van der Waals surface area contributed by atoms with E-state index in [2.05, 4.69) is 0 Å². The third kappa shape index (κ3) is 4.30. The van der Waals surface area contributed by atoms with E-state index >= 15 is 0 Å². The van der Waals surface area contributed by atoms with Gasteiger partial charge in [0.05, 0.1) is 21.6 Å². The minimum Gasteiger partial charge on any atom is -0.266 e. The molecule has 0 aliphatic carbocycles. The van der Waals surface area contributed by atoms with Crippen LogP contribution in [0.1, 0.15) is 16.7 Å². The average Bonchev–Trinajstić information content (AvgIpc) is 3.04. The fourth-order valence-electron chi connectivity index (χ4n) is 3.27. The second kappa shape index (κ2) is 8.30. The van der Waals surface area contributed by atoms with E-state index in [1.165, 1.54) is 0 Å². The Morgan fingerprint density at radius 3 is 1.48 bits per heavy atom. The molecule has 10 heteroatoms. The van der Waals surface area contributed by atoms with Gasteiger partial charge in [0.25, 0.3) is 11.8 Å². The molecule has 0 N–H and O–H groups in total. The van der Waals surface area contributed by atoms with Crippen LogP contribution in [-0.2, 0) is 30.2 Å². The van der Waals surface area contributed by atoms with Crippen molar-refractivity contribution in [1.82, 2.24) is 5.06 Å². The lowest BCUT2D eigenvalue weighted by Gasteiger charge is -2.15. The maximum atomic E-state index is 13.1. The Labute approximate surface area is 186 Å². The van der Waals surface area contributed by atoms with Crippen molar-refractivity contribution in [2.45, 2.75) is 11.1 Å². The summed E-state index contributed by atoms with van der Waals surface area (Å²) in [6, 6.07) is 18.8. The highest BCUT2D eigenvalue weighted by atomic mass is 32.2. The largest absolute Gasteiger partial charge is 0.416 e. The van der Waals surface area contributed by atoms with E-state index in [0.29, 0.717) is 35.4 Å². The number of carbonyl (C=O) groups is 2. The number of rotatable bonds is 5. The number of nitrogens with zero attached hydrogens (tertiary/aromatic N) is 1. The Kier molecular flexibility index (Phi) is 5.64. The molecule has 4 rings (SSSR count). The van der Waals surface area contributed by atoms with Gasteiger partial charge >= 0.3 is 16.3 Å². The van der Waals surface area contributed by atoms with Crippen LogP contribution in [0, 0.1) is 0 Å². The summed E-state index contributed by atoms with van der Waals surface area (Å²) in [5.41, 5.74) is -0.446. The summed E-state index contributed by atoms with van der Waals surface area (Å²) < 4.78 is 68.5. The minimum absolute atomic E-state index is 0.0607. The van der Waals surface area contributed by atoms with Crippen LogP contribution >= 0.6 is 0 Å². The number of halogens is 3. The van der Waals surface area contributed by atoms with Gasteiger partial charge in [-0.05, 0) is 35.4 Å². The summed E-state index contributed by atoms with van der Waals surface area (Å²) in [6.45, 7) is 0. The maximum Gasteiger partial charge on any atom is 0.416 e. The van der Waals surface area contributed by atoms with Crippen molar-refractivity contribution in [3.05, 3.63) is 102 Å². The predicted molar refractivity (Wildman–Crippen MR) is 111 cm³/mol. The molecule has 33 heavy (non-hydrogen) atoms. The number of alkyl halides is 3. The molecule has 0 spiro atoms. The van der Waals surface area contributed by atoms with Crippen molar-refractivity contribution in [2.75, 3.05) is 0 Å². The lowest BCUT2D eigenvalue weighted by Crippen LogP contribution is -2.34. The predicted octanol–water partition coefficient (Wildman–Crippen LogP) is 4.31. The van der Waals surface area contributed by atoms with Crippen LogP contribution in [0.5, 0.6) is 0 Å². The number of hydrogen-bond donors (Lipinski definition) is 0. The number of carbonyl (C=O) groups excluding carboxylic acids is 2. The first-order valence-corrected chi connectivity index (χ1v) is 10.9. The summed E-state index contributed by atoms with van der Waals surface area (Å²) in [6.07, 6.45) is -4.66. The normalized spacial score (nSPS) is 14.8. The molecule has 168 valence electrons. The standard InChI is InChI=1S/C23H14F3NO5S/c24-23(25,26)17-11-13-18(14-12-17)33(30,31)32-27-21(28)19(15-7-3-1-4-8-15)20(22(27)29)16-9-5-2-6-10-16/h1-14H. The smallest absolute Gasteiger partial charge is 0.266 e. The minimum atomic E-state index is -4.79. The van der Waals surface area contributed by atoms with Crippen LogP contribution in [0.15, 0.2) is 89.8 Å². The highest BCUT2D eigenvalue weighted by molar-refractivity contribution is 7.86. The van der Waals surface area contributed by atoms with E-state index in [4.69, 9.17) is 4.28 Å². The van der Waals surface area contributed by atoms with Crippen molar-refractivity contribution in [2.24, 2.45) is 0 Å². The van der Waals surface area contributed by atoms with Gasteiger partial charge in [-0.3, -0.25) is 9.59 Å². The van der Waals surface area contributed by atoms with E-state index < -0.39 is 38.6 Å². The number of hydroxylamine groups is 2. The van der Waals surface area contributed by atoms with Crippen molar-refractivity contribution < 1.29 is 35.5 Å². The van der Waals surface area contributed by atoms with Crippen LogP contribution in [0.25, 0.3) is 11.1 Å². The fraction of sp³-hybridized carbons (Fsp3) is 0.0435. The zero-order valence-electron chi connectivity index (χ0n) is 16.6. The molecule has 1 aliphatic rings. The quantitative estimate of drug-likeness (QED) is 0.516. The Balaban J connectivity index is 1.72. The van der Waals surface area contributed by atoms with Gasteiger partial charge in [0.1, 0.15) is 0 Å². The highest BCUT2D eigenvalue weighted by Crippen LogP contribution is 2.37. The lowest BCUT2D eigenvalue weighted by molar-refractivity contribution is -0.160. The van der Waals surface area contributed by atoms with Crippen LogP contribution in [0.4, 0.5) is 13.2 Å². The van der Waals surface area contributed by atoms with Crippen LogP contribution in [0.3, 0.4) is 0 Å². The lowest BCUT2D eigenvalue weighted by atomic mass is 9.96. The van der Waals surface area contributed by atoms with Crippen molar-refractivity contribution in [1.29, 1.82) is 0 Å². The summed E-state index contributed by atoms with van der Waals surface area (Å²) in [7, 11) is -4.79. The summed E-state index contributed by atoms with van der Waals surface area (Å²) in [4.78, 5) is 25.6. The SMILES string of the molecule is O=C1C(c2ccccc2)=C(c2ccccc2)C(=O)N1OS(=O)(=O)c1ccc(C(F)(F)F)cc1. The van der Waals surface area contributed by atoms with Gasteiger partial charge in [0, 0.05) is 0 Å². The zero-order chi connectivity index (χ0) is 23.8. The Morgan fingerprint density at radius 1 is 0.667 bits per heavy atom. The molecule has 3 aromatic carbocycles. The van der Waals surface area contributed by atoms with E-state index in [1.54, 1.807) is 60.7 Å². The molecule has 0 aromatic heterocycles. The summed E-state index contributed by atoms with van der Waals surface area (Å²) in [5.74, 6) is -2.03. The molecule has 3 aromatic rings. The molecule has 0 saturated heterocycles. The molecule has 0 unspecified atom stereocenters. The summed E-state index contributed by atoms with van der Waals surface area (Å²) >= 11 is 0. The molecule has 1 aliphatic heterocycles. The number of hydrogen-bond acceptors (Lipinski definition) is 5. The Hall–Kier alpha value is -3.76. The van der Waals surface area contributed by atoms with E-state index in [9.17, 15) is 31.2 Å². The zero-order valence-corrected chi connectivity index (χ0v) is 17.4. The Bertz CT molecular complexity index is 1290. The topological polar surface area (TPSA) is 80.8 Å².